The van der Waals surface area contributed by atoms with Gasteiger partial charge in [-0.3, -0.25) is 10.2 Å². The molecule has 0 radical (unpaired) electrons. The minimum absolute atomic E-state index is 0.00229. The van der Waals surface area contributed by atoms with E-state index in [0.717, 1.165) is 71.6 Å². The highest BCUT2D eigenvalue weighted by Crippen LogP contribution is 2.28. The second kappa shape index (κ2) is 12.1. The molecule has 0 saturated heterocycles. The van der Waals surface area contributed by atoms with Gasteiger partial charge in [0.2, 0.25) is 0 Å². The van der Waals surface area contributed by atoms with Crippen molar-refractivity contribution in [1.82, 2.24) is 14.8 Å². The van der Waals surface area contributed by atoms with Crippen molar-refractivity contribution in [2.24, 2.45) is 11.5 Å². The van der Waals surface area contributed by atoms with E-state index in [0.29, 0.717) is 24.4 Å². The van der Waals surface area contributed by atoms with E-state index in [1.807, 2.05) is 41.0 Å². The number of aromatic nitrogens is 1. The average molecular weight is 541 g/mol. The van der Waals surface area contributed by atoms with E-state index in [-0.39, 0.29) is 23.8 Å². The minimum atomic E-state index is -0.0882. The SMILES string of the molecule is CN(C)CCCOc1ccc2c(Cn3c(C(=O)N[C@H]4CC[C@H](N)CC4)cc4ccc(C(=N)N)cc43)cccc2c1. The molecule has 40 heavy (non-hydrogen) atoms. The lowest BCUT2D eigenvalue weighted by molar-refractivity contribution is 0.0917. The summed E-state index contributed by atoms with van der Waals surface area (Å²) in [6.07, 6.45) is 4.60. The molecule has 1 fully saturated rings. The first kappa shape index (κ1) is 27.7. The van der Waals surface area contributed by atoms with Gasteiger partial charge in [-0.1, -0.05) is 36.4 Å². The molecule has 8 heteroatoms. The number of hydrogen-bond acceptors (Lipinski definition) is 5. The molecule has 0 spiro atoms. The van der Waals surface area contributed by atoms with Crippen molar-refractivity contribution in [2.75, 3.05) is 27.2 Å². The van der Waals surface area contributed by atoms with Crippen LogP contribution in [0.3, 0.4) is 0 Å². The summed E-state index contributed by atoms with van der Waals surface area (Å²) in [6, 6.07) is 20.4. The lowest BCUT2D eigenvalue weighted by Crippen LogP contribution is -2.41. The molecule has 0 aliphatic heterocycles. The van der Waals surface area contributed by atoms with Gasteiger partial charge in [-0.15, -0.1) is 0 Å². The maximum atomic E-state index is 13.6. The van der Waals surface area contributed by atoms with E-state index in [4.69, 9.17) is 21.6 Å². The van der Waals surface area contributed by atoms with Gasteiger partial charge in [-0.25, -0.2) is 0 Å². The van der Waals surface area contributed by atoms with Crippen molar-refractivity contribution in [3.05, 3.63) is 77.5 Å². The van der Waals surface area contributed by atoms with Gasteiger partial charge in [0.15, 0.2) is 0 Å². The molecule has 1 amide bonds. The van der Waals surface area contributed by atoms with Crippen LogP contribution in [0.2, 0.25) is 0 Å². The third-order valence-corrected chi connectivity index (χ3v) is 7.84. The van der Waals surface area contributed by atoms with Crippen LogP contribution in [-0.2, 0) is 6.54 Å². The first-order valence-electron chi connectivity index (χ1n) is 14.1. The Labute approximate surface area is 235 Å². The number of carbonyl (C=O) groups is 1. The van der Waals surface area contributed by atoms with Crippen LogP contribution in [-0.4, -0.2) is 60.5 Å². The van der Waals surface area contributed by atoms with Crippen LogP contribution in [0.5, 0.6) is 5.75 Å². The van der Waals surface area contributed by atoms with E-state index >= 15 is 0 Å². The Hall–Kier alpha value is -3.88. The van der Waals surface area contributed by atoms with Gasteiger partial charge in [0.25, 0.3) is 5.91 Å². The van der Waals surface area contributed by atoms with E-state index in [1.54, 1.807) is 0 Å². The number of benzene rings is 3. The summed E-state index contributed by atoms with van der Waals surface area (Å²) in [7, 11) is 4.13. The Morgan fingerprint density at radius 3 is 2.60 bits per heavy atom. The summed E-state index contributed by atoms with van der Waals surface area (Å²) >= 11 is 0. The molecule has 8 nitrogen and oxygen atoms in total. The predicted molar refractivity (Wildman–Crippen MR) is 162 cm³/mol. The van der Waals surface area contributed by atoms with Crippen molar-refractivity contribution in [2.45, 2.75) is 50.7 Å². The van der Waals surface area contributed by atoms with Gasteiger partial charge in [-0.2, -0.15) is 0 Å². The normalized spacial score (nSPS) is 17.4. The van der Waals surface area contributed by atoms with Gasteiger partial charge in [0.05, 0.1) is 6.61 Å². The van der Waals surface area contributed by atoms with E-state index in [2.05, 4.69) is 48.6 Å². The molecule has 0 atom stereocenters. The molecule has 0 bridgehead atoms. The van der Waals surface area contributed by atoms with Gasteiger partial charge in [-0.05, 0) is 86.8 Å². The molecule has 3 aromatic carbocycles. The van der Waals surface area contributed by atoms with Crippen molar-refractivity contribution in [3.8, 4) is 5.75 Å². The number of ether oxygens (including phenoxy) is 1. The van der Waals surface area contributed by atoms with Crippen LogP contribution in [0.4, 0.5) is 0 Å². The molecule has 0 unspecified atom stereocenters. The molecule has 1 aliphatic carbocycles. The number of amidine groups is 1. The summed E-state index contributed by atoms with van der Waals surface area (Å²) < 4.78 is 8.06. The second-order valence-electron chi connectivity index (χ2n) is 11.2. The number of nitrogens with two attached hydrogens (primary N) is 2. The summed E-state index contributed by atoms with van der Waals surface area (Å²) in [5.74, 6) is 0.769. The molecule has 210 valence electrons. The maximum Gasteiger partial charge on any atom is 0.268 e. The monoisotopic (exact) mass is 540 g/mol. The molecule has 5 rings (SSSR count). The van der Waals surface area contributed by atoms with E-state index in [1.165, 1.54) is 0 Å². The lowest BCUT2D eigenvalue weighted by atomic mass is 9.92. The first-order valence-corrected chi connectivity index (χ1v) is 14.1. The predicted octanol–water partition coefficient (Wildman–Crippen LogP) is 4.46. The van der Waals surface area contributed by atoms with Crippen molar-refractivity contribution in [3.63, 3.8) is 0 Å². The zero-order chi connectivity index (χ0) is 28.2. The number of hydrogen-bond donors (Lipinski definition) is 4. The second-order valence-corrected chi connectivity index (χ2v) is 11.2. The Kier molecular flexibility index (Phi) is 8.38. The van der Waals surface area contributed by atoms with E-state index < -0.39 is 0 Å². The topological polar surface area (TPSA) is 122 Å². The fourth-order valence-corrected chi connectivity index (χ4v) is 5.60. The van der Waals surface area contributed by atoms with Crippen LogP contribution < -0.4 is 21.5 Å². The summed E-state index contributed by atoms with van der Waals surface area (Å²) in [4.78, 5) is 15.8. The maximum absolute atomic E-state index is 13.6. The molecule has 1 aromatic heterocycles. The van der Waals surface area contributed by atoms with Crippen molar-refractivity contribution >= 4 is 33.4 Å². The number of nitrogens with zero attached hydrogens (tertiary/aromatic N) is 2. The van der Waals surface area contributed by atoms with Gasteiger partial charge < -0.3 is 31.0 Å². The van der Waals surface area contributed by atoms with E-state index in [9.17, 15) is 4.79 Å². The number of amides is 1. The molecule has 1 heterocycles. The van der Waals surface area contributed by atoms with Gasteiger partial charge in [0, 0.05) is 41.6 Å². The smallest absolute Gasteiger partial charge is 0.268 e. The number of nitrogens with one attached hydrogen (secondary N) is 2. The van der Waals surface area contributed by atoms with Crippen molar-refractivity contribution < 1.29 is 9.53 Å². The molecular formula is C32H40N6O2. The summed E-state index contributed by atoms with van der Waals surface area (Å²) in [6.45, 7) is 2.16. The van der Waals surface area contributed by atoms with Crippen LogP contribution in [0.25, 0.3) is 21.7 Å². The Morgan fingerprint density at radius 1 is 1.05 bits per heavy atom. The number of nitrogen functional groups attached to an aromatic ring is 1. The molecule has 1 aliphatic rings. The molecular weight excluding hydrogens is 500 g/mol. The lowest BCUT2D eigenvalue weighted by Gasteiger charge is -2.27. The number of fused-ring (bicyclic) bond motifs is 2. The fraction of sp³-hybridized carbons (Fsp3) is 0.375. The molecule has 4 aromatic rings. The number of carbonyl (C=O) groups excluding carboxylic acids is 1. The first-order chi connectivity index (χ1) is 19.3. The molecule has 1 saturated carbocycles. The standard InChI is InChI=1S/C32H40N6O2/c1-37(2)15-4-16-40-27-13-14-28-21(17-27)5-3-6-24(28)20-38-29-19-23(31(34)35)8-7-22(29)18-30(38)32(39)36-26-11-9-25(33)10-12-26/h3,5-8,13-14,17-19,25-26H,4,9-12,15-16,20,33H2,1-2H3,(H3,34,35)(H,36,39)/t25-,26-. The third-order valence-electron chi connectivity index (χ3n) is 7.84. The van der Waals surface area contributed by atoms with Crippen molar-refractivity contribution in [1.29, 1.82) is 5.41 Å². The summed E-state index contributed by atoms with van der Waals surface area (Å²) in [5, 5.41) is 14.3. The molecule has 6 N–H and O–H groups in total. The van der Waals surface area contributed by atoms with Crippen LogP contribution in [0.15, 0.2) is 60.7 Å². The highest BCUT2D eigenvalue weighted by molar-refractivity contribution is 6.02. The van der Waals surface area contributed by atoms with Gasteiger partial charge >= 0.3 is 0 Å². The third kappa shape index (κ3) is 6.29. The summed E-state index contributed by atoms with van der Waals surface area (Å²) in [5.41, 5.74) is 15.1. The average Bonchev–Trinajstić information content (AvgIpc) is 3.30. The van der Waals surface area contributed by atoms with Crippen LogP contribution in [0.1, 0.15) is 53.7 Å². The minimum Gasteiger partial charge on any atom is -0.494 e. The number of rotatable bonds is 10. The van der Waals surface area contributed by atoms with Gasteiger partial charge in [0.1, 0.15) is 17.3 Å². The highest BCUT2D eigenvalue weighted by Gasteiger charge is 2.23. The zero-order valence-corrected chi connectivity index (χ0v) is 23.5. The highest BCUT2D eigenvalue weighted by atomic mass is 16.5. The largest absolute Gasteiger partial charge is 0.494 e. The Morgan fingerprint density at radius 2 is 1.85 bits per heavy atom. The quantitative estimate of drug-likeness (QED) is 0.134. The van der Waals surface area contributed by atoms with Crippen LogP contribution in [0, 0.1) is 5.41 Å². The van der Waals surface area contributed by atoms with Crippen LogP contribution >= 0.6 is 0 Å². The zero-order valence-electron chi connectivity index (χ0n) is 23.5. The fourth-order valence-electron chi connectivity index (χ4n) is 5.60. The Bertz CT molecular complexity index is 1520. The Balaban J connectivity index is 1.46.